The summed E-state index contributed by atoms with van der Waals surface area (Å²) in [6.45, 7) is 12.4. The van der Waals surface area contributed by atoms with Crippen molar-refractivity contribution in [2.45, 2.75) is 72.1 Å². The van der Waals surface area contributed by atoms with Crippen LogP contribution < -0.4 is 5.32 Å². The molecule has 130 valence electrons. The Morgan fingerprint density at radius 2 is 2.13 bits per heavy atom. The first kappa shape index (κ1) is 17.0. The molecule has 6 atom stereocenters. The SMILES string of the molecule is C=C1CC(CCC(C)[C@H]2CCC3[C@@H](C)CCC[C@@]32C)CNC1=O. The number of hydrogen-bond donors (Lipinski definition) is 1. The van der Waals surface area contributed by atoms with E-state index in [0.717, 1.165) is 42.2 Å². The maximum Gasteiger partial charge on any atom is 0.246 e. The number of amides is 1. The minimum atomic E-state index is 0.0663. The Bertz CT molecular complexity index is 470. The number of nitrogens with one attached hydrogen (secondary N) is 1. The Balaban J connectivity index is 1.55. The fourth-order valence-electron chi connectivity index (χ4n) is 6.32. The number of piperidine rings is 1. The molecule has 1 amide bonds. The van der Waals surface area contributed by atoms with Gasteiger partial charge in [0.1, 0.15) is 0 Å². The molecular weight excluding hydrogens is 282 g/mol. The van der Waals surface area contributed by atoms with Crippen LogP contribution in [-0.2, 0) is 4.79 Å². The lowest BCUT2D eigenvalue weighted by molar-refractivity contribution is -0.118. The second-order valence-corrected chi connectivity index (χ2v) is 9.10. The fraction of sp³-hybridized carbons (Fsp3) is 0.857. The average Bonchev–Trinajstić information content (AvgIpc) is 2.87. The van der Waals surface area contributed by atoms with E-state index in [1.54, 1.807) is 0 Å². The van der Waals surface area contributed by atoms with Crippen LogP contribution in [0.2, 0.25) is 0 Å². The Hall–Kier alpha value is -0.790. The lowest BCUT2D eigenvalue weighted by Gasteiger charge is -2.46. The van der Waals surface area contributed by atoms with Gasteiger partial charge in [-0.05, 0) is 67.1 Å². The molecule has 3 fully saturated rings. The van der Waals surface area contributed by atoms with Gasteiger partial charge in [0.15, 0.2) is 0 Å². The van der Waals surface area contributed by atoms with Crippen LogP contribution in [0.25, 0.3) is 0 Å². The summed E-state index contributed by atoms with van der Waals surface area (Å²) in [6.07, 6.45) is 10.7. The molecule has 3 rings (SSSR count). The first-order valence-corrected chi connectivity index (χ1v) is 9.87. The molecule has 3 aliphatic rings. The smallest absolute Gasteiger partial charge is 0.246 e. The minimum Gasteiger partial charge on any atom is -0.352 e. The van der Waals surface area contributed by atoms with Gasteiger partial charge in [0.05, 0.1) is 0 Å². The van der Waals surface area contributed by atoms with E-state index in [1.807, 2.05) is 0 Å². The van der Waals surface area contributed by atoms with Crippen LogP contribution in [0.5, 0.6) is 0 Å². The highest BCUT2D eigenvalue weighted by molar-refractivity contribution is 5.93. The van der Waals surface area contributed by atoms with E-state index in [2.05, 4.69) is 32.7 Å². The summed E-state index contributed by atoms with van der Waals surface area (Å²) in [6, 6.07) is 0. The van der Waals surface area contributed by atoms with Crippen molar-refractivity contribution in [3.8, 4) is 0 Å². The quantitative estimate of drug-likeness (QED) is 0.730. The van der Waals surface area contributed by atoms with E-state index >= 15 is 0 Å². The number of rotatable bonds is 4. The average molecular weight is 318 g/mol. The number of carbonyl (C=O) groups excluding carboxylic acids is 1. The molecule has 2 nitrogen and oxygen atoms in total. The van der Waals surface area contributed by atoms with Crippen LogP contribution in [0.15, 0.2) is 12.2 Å². The first-order chi connectivity index (χ1) is 10.9. The van der Waals surface area contributed by atoms with Crippen molar-refractivity contribution in [2.24, 2.45) is 35.0 Å². The van der Waals surface area contributed by atoms with E-state index in [-0.39, 0.29) is 5.91 Å². The van der Waals surface area contributed by atoms with Gasteiger partial charge in [-0.25, -0.2) is 0 Å². The third-order valence-electron chi connectivity index (χ3n) is 7.67. The third-order valence-corrected chi connectivity index (χ3v) is 7.67. The van der Waals surface area contributed by atoms with E-state index in [0.29, 0.717) is 11.3 Å². The standard InChI is InChI=1S/C21H35NO/c1-14-6-5-11-21(4)18(14)9-10-19(21)15(2)7-8-17-12-16(3)20(23)22-13-17/h14-15,17-19H,3,5-13H2,1-2,4H3,(H,22,23)/t14-,15?,17?,18?,19+,21-/m0/s1. The van der Waals surface area contributed by atoms with Crippen LogP contribution in [0, 0.1) is 35.0 Å². The third kappa shape index (κ3) is 3.23. The highest BCUT2D eigenvalue weighted by Crippen LogP contribution is 2.59. The molecule has 1 aliphatic heterocycles. The number of fused-ring (bicyclic) bond motifs is 1. The Morgan fingerprint density at radius 3 is 2.87 bits per heavy atom. The van der Waals surface area contributed by atoms with Gasteiger partial charge in [-0.3, -0.25) is 4.79 Å². The molecule has 1 heterocycles. The van der Waals surface area contributed by atoms with Gasteiger partial charge < -0.3 is 5.32 Å². The summed E-state index contributed by atoms with van der Waals surface area (Å²) >= 11 is 0. The van der Waals surface area contributed by atoms with Gasteiger partial charge in [0.2, 0.25) is 5.91 Å². The predicted octanol–water partition coefficient (Wildman–Crippen LogP) is 4.95. The molecule has 1 saturated heterocycles. The normalized spacial score (nSPS) is 42.2. The van der Waals surface area contributed by atoms with Gasteiger partial charge in [-0.2, -0.15) is 0 Å². The predicted molar refractivity (Wildman–Crippen MR) is 96.0 cm³/mol. The van der Waals surface area contributed by atoms with Crippen LogP contribution in [0.3, 0.4) is 0 Å². The highest BCUT2D eigenvalue weighted by Gasteiger charge is 2.51. The molecule has 0 bridgehead atoms. The van der Waals surface area contributed by atoms with Crippen molar-refractivity contribution < 1.29 is 4.79 Å². The monoisotopic (exact) mass is 317 g/mol. The summed E-state index contributed by atoms with van der Waals surface area (Å²) in [4.78, 5) is 11.5. The maximum atomic E-state index is 11.5. The second kappa shape index (κ2) is 6.61. The minimum absolute atomic E-state index is 0.0663. The molecule has 0 radical (unpaired) electrons. The summed E-state index contributed by atoms with van der Waals surface area (Å²) in [5, 5.41) is 3.00. The molecule has 1 N–H and O–H groups in total. The van der Waals surface area contributed by atoms with Crippen molar-refractivity contribution in [3.63, 3.8) is 0 Å². The zero-order valence-corrected chi connectivity index (χ0v) is 15.4. The summed E-state index contributed by atoms with van der Waals surface area (Å²) in [5.41, 5.74) is 1.38. The molecule has 2 aliphatic carbocycles. The lowest BCUT2D eigenvalue weighted by atomic mass is 9.59. The van der Waals surface area contributed by atoms with Crippen molar-refractivity contribution >= 4 is 5.91 Å². The highest BCUT2D eigenvalue weighted by atomic mass is 16.1. The van der Waals surface area contributed by atoms with Gasteiger partial charge in [-0.1, -0.05) is 46.6 Å². The van der Waals surface area contributed by atoms with E-state index < -0.39 is 0 Å². The largest absolute Gasteiger partial charge is 0.352 e. The molecule has 0 aromatic carbocycles. The zero-order chi connectivity index (χ0) is 16.6. The Morgan fingerprint density at radius 1 is 1.35 bits per heavy atom. The van der Waals surface area contributed by atoms with Crippen LogP contribution in [-0.4, -0.2) is 12.5 Å². The summed E-state index contributed by atoms with van der Waals surface area (Å²) < 4.78 is 0. The second-order valence-electron chi connectivity index (χ2n) is 9.10. The first-order valence-electron chi connectivity index (χ1n) is 9.87. The molecule has 0 aromatic heterocycles. The zero-order valence-electron chi connectivity index (χ0n) is 15.4. The summed E-state index contributed by atoms with van der Waals surface area (Å²) in [7, 11) is 0. The molecule has 0 aromatic rings. The van der Waals surface area contributed by atoms with Crippen molar-refractivity contribution in [1.29, 1.82) is 0 Å². The molecule has 2 saturated carbocycles. The molecule has 0 spiro atoms. The van der Waals surface area contributed by atoms with Crippen LogP contribution >= 0.6 is 0 Å². The Kier molecular flexibility index (Phi) is 4.90. The molecule has 2 heteroatoms. The van der Waals surface area contributed by atoms with Gasteiger partial charge in [0, 0.05) is 12.1 Å². The fourth-order valence-corrected chi connectivity index (χ4v) is 6.32. The topological polar surface area (TPSA) is 29.1 Å². The molecule has 3 unspecified atom stereocenters. The van der Waals surface area contributed by atoms with Crippen molar-refractivity contribution in [1.82, 2.24) is 5.32 Å². The molecule has 23 heavy (non-hydrogen) atoms. The van der Waals surface area contributed by atoms with E-state index in [1.165, 1.54) is 44.9 Å². The van der Waals surface area contributed by atoms with E-state index in [4.69, 9.17) is 0 Å². The van der Waals surface area contributed by atoms with Gasteiger partial charge >= 0.3 is 0 Å². The lowest BCUT2D eigenvalue weighted by Crippen LogP contribution is -2.39. The van der Waals surface area contributed by atoms with Gasteiger partial charge in [0.25, 0.3) is 0 Å². The van der Waals surface area contributed by atoms with Crippen molar-refractivity contribution in [2.75, 3.05) is 6.54 Å². The number of carbonyl (C=O) groups is 1. The van der Waals surface area contributed by atoms with Crippen LogP contribution in [0.4, 0.5) is 0 Å². The molecular formula is C21H35NO. The maximum absolute atomic E-state index is 11.5. The van der Waals surface area contributed by atoms with Crippen LogP contribution in [0.1, 0.15) is 72.1 Å². The number of hydrogen-bond acceptors (Lipinski definition) is 1. The van der Waals surface area contributed by atoms with Gasteiger partial charge in [-0.15, -0.1) is 0 Å². The van der Waals surface area contributed by atoms with Crippen molar-refractivity contribution in [3.05, 3.63) is 12.2 Å². The Labute approximate surface area is 142 Å². The summed E-state index contributed by atoms with van der Waals surface area (Å²) in [5.74, 6) is 4.31. The van der Waals surface area contributed by atoms with E-state index in [9.17, 15) is 4.79 Å².